The van der Waals surface area contributed by atoms with Crippen molar-refractivity contribution in [3.05, 3.63) is 47.8 Å². The molecule has 5 heteroatoms. The van der Waals surface area contributed by atoms with Crippen molar-refractivity contribution in [3.63, 3.8) is 0 Å². The Balaban J connectivity index is 1.89. The first-order chi connectivity index (χ1) is 9.58. The van der Waals surface area contributed by atoms with Gasteiger partial charge >= 0.3 is 0 Å². The van der Waals surface area contributed by atoms with Crippen LogP contribution in [0.3, 0.4) is 0 Å². The molecule has 2 aromatic rings. The van der Waals surface area contributed by atoms with Crippen molar-refractivity contribution in [2.45, 2.75) is 12.6 Å². The Morgan fingerprint density at radius 2 is 2.05 bits per heavy atom. The molecule has 0 bridgehead atoms. The topological polar surface area (TPSA) is 56.3 Å². The molecule has 0 fully saturated rings. The van der Waals surface area contributed by atoms with E-state index < -0.39 is 0 Å². The normalized spacial score (nSPS) is 12.7. The number of methoxy groups -OCH3 is 1. The molecular weight excluding hydrogens is 252 g/mol. The van der Waals surface area contributed by atoms with Crippen LogP contribution in [0, 0.1) is 0 Å². The molecule has 1 aromatic heterocycles. The predicted octanol–water partition coefficient (Wildman–Crippen LogP) is 1.56. The summed E-state index contributed by atoms with van der Waals surface area (Å²) in [5, 5.41) is 4.15. The van der Waals surface area contributed by atoms with Crippen LogP contribution in [0.2, 0.25) is 0 Å². The predicted molar refractivity (Wildman–Crippen MR) is 79.5 cm³/mol. The molecule has 0 spiro atoms. The average Bonchev–Trinajstić information content (AvgIpc) is 2.86. The van der Waals surface area contributed by atoms with Crippen LogP contribution in [0.5, 0.6) is 5.75 Å². The second-order valence-electron chi connectivity index (χ2n) is 5.10. The van der Waals surface area contributed by atoms with Gasteiger partial charge < -0.3 is 15.4 Å². The third-order valence-corrected chi connectivity index (χ3v) is 3.27. The van der Waals surface area contributed by atoms with Crippen LogP contribution < -0.4 is 10.5 Å². The number of hydrogen-bond acceptors (Lipinski definition) is 4. The lowest BCUT2D eigenvalue weighted by molar-refractivity contribution is 0.305. The molecule has 1 atom stereocenters. The monoisotopic (exact) mass is 274 g/mol. The van der Waals surface area contributed by atoms with Gasteiger partial charge in [-0.1, -0.05) is 12.1 Å². The van der Waals surface area contributed by atoms with E-state index in [0.29, 0.717) is 0 Å². The standard InChI is InChI=1S/C15H22N4O/c1-18(9-12-4-6-14(20-3)7-5-12)11-15(16)13-8-17-19(2)10-13/h4-8,10,15H,9,11,16H2,1-3H3. The molecule has 1 unspecified atom stereocenters. The summed E-state index contributed by atoms with van der Waals surface area (Å²) in [4.78, 5) is 2.21. The Morgan fingerprint density at radius 1 is 1.35 bits per heavy atom. The lowest BCUT2D eigenvalue weighted by Crippen LogP contribution is -2.28. The SMILES string of the molecule is COc1ccc(CN(C)CC(N)c2cnn(C)c2)cc1. The molecule has 0 amide bonds. The number of aromatic nitrogens is 2. The first-order valence-electron chi connectivity index (χ1n) is 6.64. The van der Waals surface area contributed by atoms with E-state index >= 15 is 0 Å². The Labute approximate surface area is 119 Å². The van der Waals surface area contributed by atoms with Crippen molar-refractivity contribution in [2.24, 2.45) is 12.8 Å². The Morgan fingerprint density at radius 3 is 2.60 bits per heavy atom. The summed E-state index contributed by atoms with van der Waals surface area (Å²) < 4.78 is 6.93. The lowest BCUT2D eigenvalue weighted by atomic mass is 10.1. The van der Waals surface area contributed by atoms with Gasteiger partial charge in [0.25, 0.3) is 0 Å². The summed E-state index contributed by atoms with van der Waals surface area (Å²) in [6.07, 6.45) is 3.79. The number of ether oxygens (including phenoxy) is 1. The average molecular weight is 274 g/mol. The highest BCUT2D eigenvalue weighted by atomic mass is 16.5. The highest BCUT2D eigenvalue weighted by Gasteiger charge is 2.11. The van der Waals surface area contributed by atoms with Gasteiger partial charge in [-0.25, -0.2) is 0 Å². The Kier molecular flexibility index (Phi) is 4.76. The summed E-state index contributed by atoms with van der Waals surface area (Å²) in [7, 11) is 5.64. The third kappa shape index (κ3) is 3.82. The molecule has 20 heavy (non-hydrogen) atoms. The minimum atomic E-state index is -0.0213. The van der Waals surface area contributed by atoms with E-state index in [0.717, 1.165) is 24.4 Å². The quantitative estimate of drug-likeness (QED) is 0.868. The second kappa shape index (κ2) is 6.54. The lowest BCUT2D eigenvalue weighted by Gasteiger charge is -2.20. The van der Waals surface area contributed by atoms with Crippen LogP contribution in [0.25, 0.3) is 0 Å². The minimum absolute atomic E-state index is 0.0213. The first-order valence-corrected chi connectivity index (χ1v) is 6.64. The molecule has 2 rings (SSSR count). The van der Waals surface area contributed by atoms with Gasteiger partial charge in [-0.05, 0) is 24.7 Å². The van der Waals surface area contributed by atoms with Crippen LogP contribution in [-0.4, -0.2) is 35.4 Å². The van der Waals surface area contributed by atoms with Gasteiger partial charge in [0.2, 0.25) is 0 Å². The first kappa shape index (κ1) is 14.6. The van der Waals surface area contributed by atoms with E-state index in [9.17, 15) is 0 Å². The Bertz CT molecular complexity index is 535. The number of rotatable bonds is 6. The highest BCUT2D eigenvalue weighted by molar-refractivity contribution is 5.27. The summed E-state index contributed by atoms with van der Waals surface area (Å²) in [6, 6.07) is 8.08. The zero-order chi connectivity index (χ0) is 14.5. The number of benzene rings is 1. The van der Waals surface area contributed by atoms with Crippen molar-refractivity contribution in [1.29, 1.82) is 0 Å². The molecule has 0 saturated heterocycles. The van der Waals surface area contributed by atoms with Crippen LogP contribution >= 0.6 is 0 Å². The molecule has 5 nitrogen and oxygen atoms in total. The molecular formula is C15H22N4O. The summed E-state index contributed by atoms with van der Waals surface area (Å²) in [5.74, 6) is 0.878. The maximum atomic E-state index is 6.19. The summed E-state index contributed by atoms with van der Waals surface area (Å²) >= 11 is 0. The molecule has 0 aliphatic carbocycles. The number of likely N-dealkylation sites (N-methyl/N-ethyl adjacent to an activating group) is 1. The zero-order valence-electron chi connectivity index (χ0n) is 12.3. The fourth-order valence-corrected chi connectivity index (χ4v) is 2.18. The van der Waals surface area contributed by atoms with Gasteiger partial charge in [-0.15, -0.1) is 0 Å². The molecule has 1 aromatic carbocycles. The fraction of sp³-hybridized carbons (Fsp3) is 0.400. The van der Waals surface area contributed by atoms with Gasteiger partial charge in [0.05, 0.1) is 13.3 Å². The van der Waals surface area contributed by atoms with Crippen molar-refractivity contribution in [1.82, 2.24) is 14.7 Å². The smallest absolute Gasteiger partial charge is 0.118 e. The van der Waals surface area contributed by atoms with E-state index in [1.807, 2.05) is 31.6 Å². The van der Waals surface area contributed by atoms with Crippen molar-refractivity contribution in [2.75, 3.05) is 20.7 Å². The van der Waals surface area contributed by atoms with Gasteiger partial charge in [0.15, 0.2) is 0 Å². The fourth-order valence-electron chi connectivity index (χ4n) is 2.18. The van der Waals surface area contributed by atoms with Gasteiger partial charge in [-0.2, -0.15) is 5.10 Å². The largest absolute Gasteiger partial charge is 0.497 e. The van der Waals surface area contributed by atoms with Gasteiger partial charge in [-0.3, -0.25) is 4.68 Å². The third-order valence-electron chi connectivity index (χ3n) is 3.27. The maximum Gasteiger partial charge on any atom is 0.118 e. The van der Waals surface area contributed by atoms with E-state index in [2.05, 4.69) is 29.2 Å². The number of hydrogen-bond donors (Lipinski definition) is 1. The zero-order valence-corrected chi connectivity index (χ0v) is 12.3. The second-order valence-corrected chi connectivity index (χ2v) is 5.10. The minimum Gasteiger partial charge on any atom is -0.497 e. The van der Waals surface area contributed by atoms with Crippen molar-refractivity contribution < 1.29 is 4.74 Å². The molecule has 0 aliphatic rings. The maximum absolute atomic E-state index is 6.19. The van der Waals surface area contributed by atoms with E-state index in [-0.39, 0.29) is 6.04 Å². The van der Waals surface area contributed by atoms with E-state index in [1.54, 1.807) is 11.8 Å². The molecule has 1 heterocycles. The molecule has 108 valence electrons. The van der Waals surface area contributed by atoms with E-state index in [1.165, 1.54) is 5.56 Å². The molecule has 0 aliphatic heterocycles. The highest BCUT2D eigenvalue weighted by Crippen LogP contribution is 2.14. The van der Waals surface area contributed by atoms with Gasteiger partial charge in [0.1, 0.15) is 5.75 Å². The molecule has 0 radical (unpaired) electrons. The van der Waals surface area contributed by atoms with Crippen LogP contribution in [0.15, 0.2) is 36.7 Å². The van der Waals surface area contributed by atoms with E-state index in [4.69, 9.17) is 10.5 Å². The van der Waals surface area contributed by atoms with Gasteiger partial charge in [0, 0.05) is 37.9 Å². The van der Waals surface area contributed by atoms with Crippen LogP contribution in [0.1, 0.15) is 17.2 Å². The summed E-state index contributed by atoms with van der Waals surface area (Å²) in [5.41, 5.74) is 8.50. The number of nitrogens with zero attached hydrogens (tertiary/aromatic N) is 3. The van der Waals surface area contributed by atoms with Crippen LogP contribution in [-0.2, 0) is 13.6 Å². The summed E-state index contributed by atoms with van der Waals surface area (Å²) in [6.45, 7) is 1.65. The number of aryl methyl sites for hydroxylation is 1. The molecule has 0 saturated carbocycles. The molecule has 2 N–H and O–H groups in total. The number of nitrogens with two attached hydrogens (primary N) is 1. The van der Waals surface area contributed by atoms with Crippen molar-refractivity contribution in [3.8, 4) is 5.75 Å². The van der Waals surface area contributed by atoms with Crippen molar-refractivity contribution >= 4 is 0 Å². The van der Waals surface area contributed by atoms with Crippen LogP contribution in [0.4, 0.5) is 0 Å². The Hall–Kier alpha value is -1.85.